The molecule has 0 aliphatic heterocycles. The van der Waals surface area contributed by atoms with Gasteiger partial charge in [0, 0.05) is 6.54 Å². The average Bonchev–Trinajstić information content (AvgIpc) is 2.62. The summed E-state index contributed by atoms with van der Waals surface area (Å²) in [5.74, 6) is 0.873. The first-order chi connectivity index (χ1) is 11.8. The van der Waals surface area contributed by atoms with Gasteiger partial charge in [-0.1, -0.05) is 54.6 Å². The number of carbonyl (C=O) groups excluding carboxylic acids is 1. The molecule has 1 amide bonds. The highest BCUT2D eigenvalue weighted by Gasteiger charge is 2.00. The predicted octanol–water partition coefficient (Wildman–Crippen LogP) is 4.42. The lowest BCUT2D eigenvalue weighted by Gasteiger charge is -2.06. The molecule has 0 aliphatic rings. The maximum absolute atomic E-state index is 11.6. The van der Waals surface area contributed by atoms with Gasteiger partial charge in [0.15, 0.2) is 0 Å². The van der Waals surface area contributed by atoms with Gasteiger partial charge in [-0.2, -0.15) is 0 Å². The Kier molecular flexibility index (Phi) is 7.41. The first kappa shape index (κ1) is 17.6. The molecule has 0 spiro atoms. The van der Waals surface area contributed by atoms with Crippen molar-refractivity contribution in [3.05, 3.63) is 71.8 Å². The van der Waals surface area contributed by atoms with E-state index in [4.69, 9.17) is 9.47 Å². The van der Waals surface area contributed by atoms with Crippen molar-refractivity contribution in [2.45, 2.75) is 20.0 Å². The maximum Gasteiger partial charge on any atom is 0.407 e. The number of benzene rings is 2. The Morgan fingerprint density at radius 3 is 2.54 bits per heavy atom. The van der Waals surface area contributed by atoms with Crippen LogP contribution in [0.5, 0.6) is 5.75 Å². The van der Waals surface area contributed by atoms with Crippen LogP contribution in [0.3, 0.4) is 0 Å². The molecular formula is C20H23NO3. The SMILES string of the molecule is CCOc1ccc(C=CCCNC(=O)OCc2ccccc2)cc1. The zero-order valence-corrected chi connectivity index (χ0v) is 13.9. The molecule has 0 saturated carbocycles. The Morgan fingerprint density at radius 1 is 1.08 bits per heavy atom. The van der Waals surface area contributed by atoms with Crippen LogP contribution in [0, 0.1) is 0 Å². The number of amides is 1. The summed E-state index contributed by atoms with van der Waals surface area (Å²) in [5, 5.41) is 2.73. The van der Waals surface area contributed by atoms with Crippen molar-refractivity contribution < 1.29 is 14.3 Å². The highest BCUT2D eigenvalue weighted by atomic mass is 16.5. The van der Waals surface area contributed by atoms with Crippen LogP contribution in [0.25, 0.3) is 6.08 Å². The number of carbonyl (C=O) groups is 1. The molecular weight excluding hydrogens is 302 g/mol. The Labute approximate surface area is 143 Å². The second kappa shape index (κ2) is 10.1. The minimum atomic E-state index is -0.395. The molecule has 0 aromatic heterocycles. The summed E-state index contributed by atoms with van der Waals surface area (Å²) in [6.07, 6.45) is 4.39. The Bertz CT molecular complexity index is 636. The third-order valence-corrected chi connectivity index (χ3v) is 3.29. The first-order valence-electron chi connectivity index (χ1n) is 8.12. The molecule has 2 aromatic rings. The molecule has 0 fully saturated rings. The fourth-order valence-electron chi connectivity index (χ4n) is 2.09. The van der Waals surface area contributed by atoms with E-state index >= 15 is 0 Å². The van der Waals surface area contributed by atoms with Crippen molar-refractivity contribution in [3.63, 3.8) is 0 Å². The Hall–Kier alpha value is -2.75. The quantitative estimate of drug-likeness (QED) is 0.731. The summed E-state index contributed by atoms with van der Waals surface area (Å²) in [5.41, 5.74) is 2.08. The summed E-state index contributed by atoms with van der Waals surface area (Å²) in [7, 11) is 0. The second-order valence-electron chi connectivity index (χ2n) is 5.18. The van der Waals surface area contributed by atoms with Crippen molar-refractivity contribution >= 4 is 12.2 Å². The van der Waals surface area contributed by atoms with E-state index in [0.29, 0.717) is 13.2 Å². The van der Waals surface area contributed by atoms with Crippen LogP contribution < -0.4 is 10.1 Å². The number of alkyl carbamates (subject to hydrolysis) is 1. The molecule has 2 aromatic carbocycles. The molecule has 0 heterocycles. The third-order valence-electron chi connectivity index (χ3n) is 3.29. The first-order valence-corrected chi connectivity index (χ1v) is 8.12. The van der Waals surface area contributed by atoms with E-state index in [1.807, 2.05) is 73.7 Å². The van der Waals surface area contributed by atoms with Crippen LogP contribution in [0.4, 0.5) is 4.79 Å². The van der Waals surface area contributed by atoms with Crippen molar-refractivity contribution in [2.75, 3.05) is 13.2 Å². The zero-order chi connectivity index (χ0) is 17.0. The molecule has 2 rings (SSSR count). The van der Waals surface area contributed by atoms with Crippen LogP contribution in [0.1, 0.15) is 24.5 Å². The smallest absolute Gasteiger partial charge is 0.407 e. The summed E-state index contributed by atoms with van der Waals surface area (Å²) >= 11 is 0. The monoisotopic (exact) mass is 325 g/mol. The summed E-state index contributed by atoms with van der Waals surface area (Å²) < 4.78 is 10.5. The van der Waals surface area contributed by atoms with Crippen LogP contribution in [-0.4, -0.2) is 19.2 Å². The minimum absolute atomic E-state index is 0.286. The molecule has 0 aliphatic carbocycles. The van der Waals surface area contributed by atoms with Gasteiger partial charge in [-0.05, 0) is 36.6 Å². The van der Waals surface area contributed by atoms with Gasteiger partial charge in [0.2, 0.25) is 0 Å². The third kappa shape index (κ3) is 6.57. The van der Waals surface area contributed by atoms with E-state index in [2.05, 4.69) is 5.32 Å². The van der Waals surface area contributed by atoms with Crippen LogP contribution in [0.2, 0.25) is 0 Å². The van der Waals surface area contributed by atoms with E-state index in [0.717, 1.165) is 23.3 Å². The summed E-state index contributed by atoms with van der Waals surface area (Å²) in [6.45, 7) is 3.46. The van der Waals surface area contributed by atoms with Crippen molar-refractivity contribution in [1.29, 1.82) is 0 Å². The lowest BCUT2D eigenvalue weighted by molar-refractivity contribution is 0.140. The summed E-state index contributed by atoms with van der Waals surface area (Å²) in [4.78, 5) is 11.6. The molecule has 0 saturated heterocycles. The maximum atomic E-state index is 11.6. The van der Waals surface area contributed by atoms with Crippen molar-refractivity contribution in [3.8, 4) is 5.75 Å². The topological polar surface area (TPSA) is 47.6 Å². The van der Waals surface area contributed by atoms with Crippen molar-refractivity contribution in [1.82, 2.24) is 5.32 Å². The molecule has 0 bridgehead atoms. The fraction of sp³-hybridized carbons (Fsp3) is 0.250. The van der Waals surface area contributed by atoms with E-state index in [-0.39, 0.29) is 6.61 Å². The molecule has 0 atom stereocenters. The minimum Gasteiger partial charge on any atom is -0.494 e. The van der Waals surface area contributed by atoms with Gasteiger partial charge in [-0.25, -0.2) is 4.79 Å². The lowest BCUT2D eigenvalue weighted by atomic mass is 10.2. The van der Waals surface area contributed by atoms with Gasteiger partial charge >= 0.3 is 6.09 Å². The zero-order valence-electron chi connectivity index (χ0n) is 13.9. The van der Waals surface area contributed by atoms with Crippen LogP contribution in [-0.2, 0) is 11.3 Å². The van der Waals surface area contributed by atoms with E-state index in [1.165, 1.54) is 0 Å². The van der Waals surface area contributed by atoms with Gasteiger partial charge in [0.25, 0.3) is 0 Å². The van der Waals surface area contributed by atoms with Gasteiger partial charge in [0.1, 0.15) is 12.4 Å². The highest BCUT2D eigenvalue weighted by Crippen LogP contribution is 2.13. The van der Waals surface area contributed by atoms with Gasteiger partial charge in [-0.3, -0.25) is 0 Å². The normalized spacial score (nSPS) is 10.5. The lowest BCUT2D eigenvalue weighted by Crippen LogP contribution is -2.24. The average molecular weight is 325 g/mol. The Balaban J connectivity index is 1.62. The van der Waals surface area contributed by atoms with Crippen LogP contribution >= 0.6 is 0 Å². The standard InChI is InChI=1S/C20H23NO3/c1-2-23-19-13-11-17(12-14-19)8-6-7-15-21-20(22)24-16-18-9-4-3-5-10-18/h3-6,8-14H,2,7,15-16H2,1H3,(H,21,22). The van der Waals surface area contributed by atoms with Gasteiger partial charge in [0.05, 0.1) is 6.61 Å². The Morgan fingerprint density at radius 2 is 1.83 bits per heavy atom. The van der Waals surface area contributed by atoms with Crippen molar-refractivity contribution in [2.24, 2.45) is 0 Å². The molecule has 126 valence electrons. The number of rotatable bonds is 8. The second-order valence-corrected chi connectivity index (χ2v) is 5.18. The van der Waals surface area contributed by atoms with Gasteiger partial charge in [-0.15, -0.1) is 0 Å². The van der Waals surface area contributed by atoms with E-state index in [9.17, 15) is 4.79 Å². The fourth-order valence-corrected chi connectivity index (χ4v) is 2.09. The van der Waals surface area contributed by atoms with E-state index < -0.39 is 6.09 Å². The summed E-state index contributed by atoms with van der Waals surface area (Å²) in [6, 6.07) is 17.5. The van der Waals surface area contributed by atoms with Gasteiger partial charge < -0.3 is 14.8 Å². The highest BCUT2D eigenvalue weighted by molar-refractivity contribution is 5.67. The predicted molar refractivity (Wildman–Crippen MR) is 95.9 cm³/mol. The number of ether oxygens (including phenoxy) is 2. The molecule has 4 nitrogen and oxygen atoms in total. The molecule has 24 heavy (non-hydrogen) atoms. The molecule has 0 radical (unpaired) electrons. The largest absolute Gasteiger partial charge is 0.494 e. The molecule has 4 heteroatoms. The number of nitrogens with one attached hydrogen (secondary N) is 1. The molecule has 1 N–H and O–H groups in total. The number of hydrogen-bond donors (Lipinski definition) is 1. The van der Waals surface area contributed by atoms with E-state index in [1.54, 1.807) is 0 Å². The number of hydrogen-bond acceptors (Lipinski definition) is 3. The molecule has 0 unspecified atom stereocenters. The van der Waals surface area contributed by atoms with Crippen LogP contribution in [0.15, 0.2) is 60.7 Å².